The van der Waals surface area contributed by atoms with Gasteiger partial charge in [-0.1, -0.05) is 34.8 Å². The summed E-state index contributed by atoms with van der Waals surface area (Å²) in [6.07, 6.45) is -2.60. The van der Waals surface area contributed by atoms with Gasteiger partial charge in [0.25, 0.3) is 0 Å². The van der Waals surface area contributed by atoms with Gasteiger partial charge in [0.2, 0.25) is 3.79 Å². The van der Waals surface area contributed by atoms with Gasteiger partial charge in [-0.2, -0.15) is 0 Å². The molecule has 0 saturated carbocycles. The van der Waals surface area contributed by atoms with Gasteiger partial charge in [-0.15, -0.1) is 0 Å². The van der Waals surface area contributed by atoms with Gasteiger partial charge in [0.05, 0.1) is 0 Å². The number of halogens is 3. The van der Waals surface area contributed by atoms with Crippen LogP contribution in [0.25, 0.3) is 0 Å². The molecule has 0 unspecified atom stereocenters. The van der Waals surface area contributed by atoms with Gasteiger partial charge in [0.1, 0.15) is 6.61 Å². The zero-order valence-corrected chi connectivity index (χ0v) is 7.82. The highest BCUT2D eigenvalue weighted by Gasteiger charge is 2.23. The molecule has 1 amide bonds. The first-order chi connectivity index (χ1) is 5.31. The zero-order valence-electron chi connectivity index (χ0n) is 5.55. The van der Waals surface area contributed by atoms with Crippen LogP contribution in [0, 0.1) is 0 Å². The lowest BCUT2D eigenvalue weighted by atomic mass is 10.8. The number of carbonyl (C=O) groups excluding carboxylic acids is 2. The lowest BCUT2D eigenvalue weighted by Crippen LogP contribution is -2.23. The van der Waals surface area contributed by atoms with E-state index in [0.717, 1.165) is 0 Å². The molecule has 0 fully saturated rings. The van der Waals surface area contributed by atoms with Crippen LogP contribution in [0.1, 0.15) is 0 Å². The quantitative estimate of drug-likeness (QED) is 0.426. The van der Waals surface area contributed by atoms with Gasteiger partial charge < -0.3 is 15.2 Å². The van der Waals surface area contributed by atoms with Crippen LogP contribution in [-0.2, 0) is 9.47 Å². The topological polar surface area (TPSA) is 78.6 Å². The van der Waals surface area contributed by atoms with Crippen molar-refractivity contribution in [2.24, 2.45) is 5.73 Å². The predicted molar refractivity (Wildman–Crippen MR) is 42.3 cm³/mol. The van der Waals surface area contributed by atoms with Crippen molar-refractivity contribution in [3.8, 4) is 0 Å². The first kappa shape index (κ1) is 11.6. The molecule has 0 heterocycles. The van der Waals surface area contributed by atoms with Gasteiger partial charge in [0, 0.05) is 0 Å². The molecular formula is C4H4Cl3NO4. The molecule has 0 aromatic carbocycles. The largest absolute Gasteiger partial charge is 0.517 e. The summed E-state index contributed by atoms with van der Waals surface area (Å²) < 4.78 is 6.17. The van der Waals surface area contributed by atoms with E-state index in [1.54, 1.807) is 0 Å². The molecule has 0 atom stereocenters. The third kappa shape index (κ3) is 7.71. The number of carbonyl (C=O) groups is 2. The van der Waals surface area contributed by atoms with Crippen molar-refractivity contribution in [3.63, 3.8) is 0 Å². The molecule has 2 N–H and O–H groups in total. The summed E-state index contributed by atoms with van der Waals surface area (Å²) >= 11 is 15.6. The molecule has 0 spiro atoms. The van der Waals surface area contributed by atoms with Gasteiger partial charge in [-0.05, 0) is 0 Å². The van der Waals surface area contributed by atoms with Crippen LogP contribution in [0.2, 0.25) is 0 Å². The van der Waals surface area contributed by atoms with Crippen molar-refractivity contribution < 1.29 is 19.1 Å². The molecule has 0 aromatic heterocycles. The van der Waals surface area contributed by atoms with Crippen LogP contribution in [-0.4, -0.2) is 22.6 Å². The fourth-order valence-corrected chi connectivity index (χ4v) is 0.416. The van der Waals surface area contributed by atoms with Crippen LogP contribution in [0.4, 0.5) is 9.59 Å². The molecule has 0 rings (SSSR count). The number of hydrogen-bond donors (Lipinski definition) is 1. The number of nitrogens with two attached hydrogens (primary N) is 1. The summed E-state index contributed by atoms with van der Waals surface area (Å²) in [5, 5.41) is 0. The Morgan fingerprint density at radius 2 is 1.83 bits per heavy atom. The van der Waals surface area contributed by atoms with Crippen molar-refractivity contribution in [1.29, 1.82) is 0 Å². The Kier molecular flexibility index (Phi) is 4.44. The second-order valence-corrected chi connectivity index (χ2v) is 4.09. The monoisotopic (exact) mass is 235 g/mol. The number of rotatable bonds is 1. The highest BCUT2D eigenvalue weighted by molar-refractivity contribution is 6.67. The molecule has 0 aliphatic heterocycles. The van der Waals surface area contributed by atoms with E-state index in [1.165, 1.54) is 0 Å². The maximum absolute atomic E-state index is 10.4. The van der Waals surface area contributed by atoms with Gasteiger partial charge >= 0.3 is 12.2 Å². The standard InChI is InChI=1S/C4H4Cl3NO4/c5-4(6,7)1-11-3(10)12-2(8)9/h1H2,(H2,8,9). The summed E-state index contributed by atoms with van der Waals surface area (Å²) in [6.45, 7) is -0.524. The van der Waals surface area contributed by atoms with E-state index >= 15 is 0 Å². The fraction of sp³-hybridized carbons (Fsp3) is 0.500. The number of amides is 1. The van der Waals surface area contributed by atoms with E-state index in [2.05, 4.69) is 15.2 Å². The van der Waals surface area contributed by atoms with Crippen molar-refractivity contribution in [3.05, 3.63) is 0 Å². The Balaban J connectivity index is 3.65. The lowest BCUT2D eigenvalue weighted by Gasteiger charge is -2.09. The SMILES string of the molecule is NC(=O)OC(=O)OCC(Cl)(Cl)Cl. The molecule has 0 aliphatic carbocycles. The Labute approximate surface area is 82.6 Å². The molecular weight excluding hydrogens is 232 g/mol. The first-order valence-corrected chi connectivity index (χ1v) is 3.65. The third-order valence-corrected chi connectivity index (χ3v) is 0.865. The van der Waals surface area contributed by atoms with Crippen molar-refractivity contribution in [1.82, 2.24) is 0 Å². The average molecular weight is 236 g/mol. The molecule has 0 aromatic rings. The maximum Gasteiger partial charge on any atom is 0.517 e. The number of hydrogen-bond acceptors (Lipinski definition) is 4. The van der Waals surface area contributed by atoms with E-state index in [9.17, 15) is 9.59 Å². The van der Waals surface area contributed by atoms with Crippen LogP contribution in [0.5, 0.6) is 0 Å². The summed E-state index contributed by atoms with van der Waals surface area (Å²) in [5.41, 5.74) is 4.47. The summed E-state index contributed by atoms with van der Waals surface area (Å²) in [4.78, 5) is 20.3. The molecule has 12 heavy (non-hydrogen) atoms. The highest BCUT2D eigenvalue weighted by Crippen LogP contribution is 2.25. The second-order valence-electron chi connectivity index (χ2n) is 1.57. The van der Waals surface area contributed by atoms with Crippen LogP contribution >= 0.6 is 34.8 Å². The molecule has 5 nitrogen and oxygen atoms in total. The number of alkyl halides is 3. The van der Waals surface area contributed by atoms with Gasteiger partial charge in [-0.3, -0.25) is 0 Å². The van der Waals surface area contributed by atoms with Crippen LogP contribution < -0.4 is 5.73 Å². The molecule has 0 radical (unpaired) electrons. The molecule has 0 saturated heterocycles. The normalized spacial score (nSPS) is 10.6. The minimum atomic E-state index is -1.74. The second kappa shape index (κ2) is 4.59. The molecule has 70 valence electrons. The Morgan fingerprint density at radius 1 is 1.33 bits per heavy atom. The molecule has 8 heteroatoms. The van der Waals surface area contributed by atoms with Crippen molar-refractivity contribution in [2.45, 2.75) is 3.79 Å². The predicted octanol–water partition coefficient (Wildman–Crippen LogP) is 1.59. The Bertz CT molecular complexity index is 189. The van der Waals surface area contributed by atoms with Crippen LogP contribution in [0.15, 0.2) is 0 Å². The highest BCUT2D eigenvalue weighted by atomic mass is 35.6. The maximum atomic E-state index is 10.4. The van der Waals surface area contributed by atoms with E-state index in [-0.39, 0.29) is 0 Å². The van der Waals surface area contributed by atoms with E-state index in [4.69, 9.17) is 34.8 Å². The van der Waals surface area contributed by atoms with Crippen molar-refractivity contribution >= 4 is 47.1 Å². The van der Waals surface area contributed by atoms with E-state index < -0.39 is 22.6 Å². The Morgan fingerprint density at radius 3 is 2.17 bits per heavy atom. The lowest BCUT2D eigenvalue weighted by molar-refractivity contribution is 0.0796. The Hall–Kier alpha value is -0.390. The zero-order chi connectivity index (χ0) is 9.78. The smallest absolute Gasteiger partial charge is 0.429 e. The molecule has 0 aliphatic rings. The molecule has 0 bridgehead atoms. The summed E-state index contributed by atoms with van der Waals surface area (Å²) in [5.74, 6) is 0. The van der Waals surface area contributed by atoms with E-state index in [1.807, 2.05) is 0 Å². The van der Waals surface area contributed by atoms with Crippen molar-refractivity contribution in [2.75, 3.05) is 6.61 Å². The third-order valence-electron chi connectivity index (χ3n) is 0.538. The number of ether oxygens (including phenoxy) is 2. The minimum Gasteiger partial charge on any atom is -0.429 e. The van der Waals surface area contributed by atoms with E-state index in [0.29, 0.717) is 0 Å². The van der Waals surface area contributed by atoms with Gasteiger partial charge in [0.15, 0.2) is 0 Å². The summed E-state index contributed by atoms with van der Waals surface area (Å²) in [7, 11) is 0. The number of primary amides is 1. The first-order valence-electron chi connectivity index (χ1n) is 2.52. The van der Waals surface area contributed by atoms with Crippen LogP contribution in [0.3, 0.4) is 0 Å². The summed E-state index contributed by atoms with van der Waals surface area (Å²) in [6, 6.07) is 0. The average Bonchev–Trinajstić information content (AvgIpc) is 1.80. The minimum absolute atomic E-state index is 0.524. The van der Waals surface area contributed by atoms with Gasteiger partial charge in [-0.25, -0.2) is 9.59 Å². The fourth-order valence-electron chi connectivity index (χ4n) is 0.252.